The number of imide groups is 1. The van der Waals surface area contributed by atoms with Gasteiger partial charge in [0, 0.05) is 6.42 Å². The molecule has 0 aliphatic carbocycles. The van der Waals surface area contributed by atoms with Crippen LogP contribution in [-0.2, 0) is 14.4 Å². The average Bonchev–Trinajstić information content (AvgIpc) is 2.58. The van der Waals surface area contributed by atoms with Crippen LogP contribution in [-0.4, -0.2) is 47.4 Å². The van der Waals surface area contributed by atoms with E-state index in [0.717, 1.165) is 30.8 Å². The fraction of sp³-hybridized carbons (Fsp3) is 0.727. The largest absolute Gasteiger partial charge is 0.480 e. The van der Waals surface area contributed by atoms with E-state index in [4.69, 9.17) is 5.11 Å². The van der Waals surface area contributed by atoms with E-state index in [-0.39, 0.29) is 30.1 Å². The number of carboxylic acid groups (broad SMARTS) is 1. The molecule has 6 nitrogen and oxygen atoms in total. The van der Waals surface area contributed by atoms with Gasteiger partial charge >= 0.3 is 5.97 Å². The topological polar surface area (TPSA) is 86.7 Å². The third-order valence-electron chi connectivity index (χ3n) is 3.53. The van der Waals surface area contributed by atoms with Gasteiger partial charge in [-0.15, -0.1) is 0 Å². The zero-order chi connectivity index (χ0) is 12.4. The summed E-state index contributed by atoms with van der Waals surface area (Å²) in [5.74, 6) is -1.88. The number of piperidine rings is 1. The molecule has 2 aliphatic rings. The minimum absolute atomic E-state index is 0.177. The average molecular weight is 240 g/mol. The maximum atomic E-state index is 12.0. The van der Waals surface area contributed by atoms with Gasteiger partial charge in [-0.1, -0.05) is 0 Å². The van der Waals surface area contributed by atoms with Gasteiger partial charge in [0.25, 0.3) is 0 Å². The van der Waals surface area contributed by atoms with Crippen LogP contribution in [0.2, 0.25) is 0 Å². The van der Waals surface area contributed by atoms with Crippen LogP contribution < -0.4 is 5.32 Å². The Morgan fingerprint density at radius 2 is 2.00 bits per heavy atom. The van der Waals surface area contributed by atoms with E-state index in [0.29, 0.717) is 0 Å². The summed E-state index contributed by atoms with van der Waals surface area (Å²) >= 11 is 0. The standard InChI is InChI=1S/C11H16N2O4/c14-9-5-8(7-1-3-12-4-2-7)11(17)13(9)6-10(15)16/h7-8,12H,1-6H2,(H,15,16). The van der Waals surface area contributed by atoms with Gasteiger partial charge in [-0.3, -0.25) is 19.3 Å². The van der Waals surface area contributed by atoms with Crippen LogP contribution in [0.1, 0.15) is 19.3 Å². The third kappa shape index (κ3) is 2.46. The number of aliphatic carboxylic acids is 1. The summed E-state index contributed by atoms with van der Waals surface area (Å²) in [5, 5.41) is 11.9. The van der Waals surface area contributed by atoms with Crippen LogP contribution in [0.4, 0.5) is 0 Å². The van der Waals surface area contributed by atoms with Gasteiger partial charge in [-0.25, -0.2) is 0 Å². The molecular weight excluding hydrogens is 224 g/mol. The van der Waals surface area contributed by atoms with Gasteiger partial charge in [0.1, 0.15) is 6.54 Å². The first-order chi connectivity index (χ1) is 8.09. The lowest BCUT2D eigenvalue weighted by atomic mass is 9.84. The highest BCUT2D eigenvalue weighted by Crippen LogP contribution is 2.31. The molecule has 1 unspecified atom stereocenters. The molecule has 94 valence electrons. The van der Waals surface area contributed by atoms with Crippen molar-refractivity contribution in [2.24, 2.45) is 11.8 Å². The molecular formula is C11H16N2O4. The van der Waals surface area contributed by atoms with Gasteiger partial charge in [-0.2, -0.15) is 0 Å². The van der Waals surface area contributed by atoms with E-state index < -0.39 is 12.5 Å². The summed E-state index contributed by atoms with van der Waals surface area (Å²) < 4.78 is 0. The number of amides is 2. The highest BCUT2D eigenvalue weighted by Gasteiger charge is 2.43. The Morgan fingerprint density at radius 1 is 1.35 bits per heavy atom. The second kappa shape index (κ2) is 4.83. The predicted octanol–water partition coefficient (Wildman–Crippen LogP) is -0.554. The second-order valence-electron chi connectivity index (χ2n) is 4.61. The van der Waals surface area contributed by atoms with Crippen molar-refractivity contribution in [3.8, 4) is 0 Å². The molecule has 0 aromatic carbocycles. The smallest absolute Gasteiger partial charge is 0.323 e. The summed E-state index contributed by atoms with van der Waals surface area (Å²) in [5.41, 5.74) is 0. The number of hydrogen-bond donors (Lipinski definition) is 2. The van der Waals surface area contributed by atoms with Crippen molar-refractivity contribution < 1.29 is 19.5 Å². The Labute approximate surface area is 99.0 Å². The normalized spacial score (nSPS) is 26.6. The lowest BCUT2D eigenvalue weighted by molar-refractivity contribution is -0.149. The first-order valence-electron chi connectivity index (χ1n) is 5.86. The fourth-order valence-electron chi connectivity index (χ4n) is 2.62. The Morgan fingerprint density at radius 3 is 2.59 bits per heavy atom. The van der Waals surface area contributed by atoms with E-state index in [2.05, 4.69) is 5.32 Å². The van der Waals surface area contributed by atoms with E-state index in [1.54, 1.807) is 0 Å². The van der Waals surface area contributed by atoms with Gasteiger partial charge in [-0.05, 0) is 31.8 Å². The summed E-state index contributed by atoms with van der Waals surface area (Å²) in [6, 6.07) is 0. The van der Waals surface area contributed by atoms with Crippen molar-refractivity contribution in [2.75, 3.05) is 19.6 Å². The SMILES string of the molecule is O=C(O)CN1C(=O)CC(C2CCNCC2)C1=O. The number of nitrogens with one attached hydrogen (secondary N) is 1. The maximum absolute atomic E-state index is 12.0. The minimum Gasteiger partial charge on any atom is -0.480 e. The molecule has 2 heterocycles. The lowest BCUT2D eigenvalue weighted by Gasteiger charge is -2.26. The van der Waals surface area contributed by atoms with Crippen LogP contribution in [0.15, 0.2) is 0 Å². The van der Waals surface area contributed by atoms with Gasteiger partial charge < -0.3 is 10.4 Å². The van der Waals surface area contributed by atoms with Crippen molar-refractivity contribution in [1.82, 2.24) is 10.2 Å². The quantitative estimate of drug-likeness (QED) is 0.646. The molecule has 0 radical (unpaired) electrons. The van der Waals surface area contributed by atoms with Crippen molar-refractivity contribution in [1.29, 1.82) is 0 Å². The number of likely N-dealkylation sites (tertiary alicyclic amines) is 1. The number of nitrogens with zero attached hydrogens (tertiary/aromatic N) is 1. The van der Waals surface area contributed by atoms with Gasteiger partial charge in [0.2, 0.25) is 11.8 Å². The molecule has 0 aromatic heterocycles. The molecule has 6 heteroatoms. The van der Waals surface area contributed by atoms with E-state index in [9.17, 15) is 14.4 Å². The number of carbonyl (C=O) groups excluding carboxylic acids is 2. The number of carboxylic acids is 1. The van der Waals surface area contributed by atoms with E-state index in [1.165, 1.54) is 0 Å². The first-order valence-corrected chi connectivity index (χ1v) is 5.86. The first kappa shape index (κ1) is 12.0. The molecule has 0 spiro atoms. The molecule has 2 saturated heterocycles. The van der Waals surface area contributed by atoms with Crippen LogP contribution in [0.5, 0.6) is 0 Å². The van der Waals surface area contributed by atoms with Gasteiger partial charge in [0.15, 0.2) is 0 Å². The van der Waals surface area contributed by atoms with Crippen LogP contribution in [0.25, 0.3) is 0 Å². The van der Waals surface area contributed by atoms with E-state index in [1.807, 2.05) is 0 Å². The molecule has 2 rings (SSSR count). The Balaban J connectivity index is 2.03. The Bertz CT molecular complexity index is 349. The highest BCUT2D eigenvalue weighted by molar-refractivity contribution is 6.05. The molecule has 17 heavy (non-hydrogen) atoms. The Hall–Kier alpha value is -1.43. The van der Waals surface area contributed by atoms with Crippen LogP contribution >= 0.6 is 0 Å². The summed E-state index contributed by atoms with van der Waals surface area (Å²) in [6.45, 7) is 1.22. The molecule has 1 atom stereocenters. The van der Waals surface area contributed by atoms with Crippen molar-refractivity contribution >= 4 is 17.8 Å². The van der Waals surface area contributed by atoms with Gasteiger partial charge in [0.05, 0.1) is 5.92 Å². The fourth-order valence-corrected chi connectivity index (χ4v) is 2.62. The second-order valence-corrected chi connectivity index (χ2v) is 4.61. The third-order valence-corrected chi connectivity index (χ3v) is 3.53. The van der Waals surface area contributed by atoms with E-state index >= 15 is 0 Å². The lowest BCUT2D eigenvalue weighted by Crippen LogP contribution is -2.38. The summed E-state index contributed by atoms with van der Waals surface area (Å²) in [4.78, 5) is 35.0. The maximum Gasteiger partial charge on any atom is 0.323 e. The van der Waals surface area contributed by atoms with Crippen molar-refractivity contribution in [2.45, 2.75) is 19.3 Å². The molecule has 2 aliphatic heterocycles. The molecule has 2 N–H and O–H groups in total. The zero-order valence-electron chi connectivity index (χ0n) is 9.52. The van der Waals surface area contributed by atoms with Crippen LogP contribution in [0.3, 0.4) is 0 Å². The summed E-state index contributed by atoms with van der Waals surface area (Å²) in [6.07, 6.45) is 1.94. The molecule has 0 aromatic rings. The predicted molar refractivity (Wildman–Crippen MR) is 58.1 cm³/mol. The van der Waals surface area contributed by atoms with Crippen LogP contribution in [0, 0.1) is 11.8 Å². The minimum atomic E-state index is -1.14. The molecule has 0 bridgehead atoms. The molecule has 0 saturated carbocycles. The zero-order valence-corrected chi connectivity index (χ0v) is 9.52. The van der Waals surface area contributed by atoms with Crippen molar-refractivity contribution in [3.63, 3.8) is 0 Å². The molecule has 2 amide bonds. The number of hydrogen-bond acceptors (Lipinski definition) is 4. The molecule has 2 fully saturated rings. The number of carbonyl (C=O) groups is 3. The number of rotatable bonds is 3. The monoisotopic (exact) mass is 240 g/mol. The van der Waals surface area contributed by atoms with Crippen molar-refractivity contribution in [3.05, 3.63) is 0 Å². The summed E-state index contributed by atoms with van der Waals surface area (Å²) in [7, 11) is 0. The Kier molecular flexibility index (Phi) is 3.42. The highest BCUT2D eigenvalue weighted by atomic mass is 16.4.